The molecule has 1 heterocycles. The number of carbonyl (C=O) groups excluding carboxylic acids is 2. The molecule has 0 saturated carbocycles. The van der Waals surface area contributed by atoms with Crippen LogP contribution in [0.1, 0.15) is 37.0 Å². The van der Waals surface area contributed by atoms with Gasteiger partial charge in [-0.3, -0.25) is 9.59 Å². The molecular weight excluding hydrogens is 381 g/mol. The van der Waals surface area contributed by atoms with Crippen LogP contribution >= 0.6 is 0 Å². The third kappa shape index (κ3) is 5.37. The van der Waals surface area contributed by atoms with Gasteiger partial charge in [0.2, 0.25) is 5.91 Å². The Labute approximate surface area is 159 Å². The van der Waals surface area contributed by atoms with Gasteiger partial charge in [-0.15, -0.1) is 13.2 Å². The summed E-state index contributed by atoms with van der Waals surface area (Å²) in [6, 6.07) is 2.40. The molecule has 1 aromatic carbocycles. The van der Waals surface area contributed by atoms with Gasteiger partial charge in [0.25, 0.3) is 5.91 Å². The van der Waals surface area contributed by atoms with Gasteiger partial charge >= 0.3 is 12.3 Å². The van der Waals surface area contributed by atoms with E-state index < -0.39 is 42.0 Å². The first-order valence-corrected chi connectivity index (χ1v) is 8.69. The van der Waals surface area contributed by atoms with Gasteiger partial charge in [0, 0.05) is 12.1 Å². The highest BCUT2D eigenvalue weighted by molar-refractivity contribution is 5.98. The van der Waals surface area contributed by atoms with Crippen LogP contribution in [0.2, 0.25) is 0 Å². The lowest BCUT2D eigenvalue weighted by Crippen LogP contribution is -2.53. The van der Waals surface area contributed by atoms with Crippen LogP contribution in [-0.4, -0.2) is 52.8 Å². The lowest BCUT2D eigenvalue weighted by Gasteiger charge is -2.29. The van der Waals surface area contributed by atoms with Crippen molar-refractivity contribution in [3.8, 4) is 5.75 Å². The molecule has 2 N–H and O–H groups in total. The third-order valence-corrected chi connectivity index (χ3v) is 4.39. The Bertz CT molecular complexity index is 734. The van der Waals surface area contributed by atoms with Crippen molar-refractivity contribution < 1.29 is 37.4 Å². The summed E-state index contributed by atoms with van der Waals surface area (Å²) in [6.45, 7) is 3.70. The van der Waals surface area contributed by atoms with Crippen molar-refractivity contribution in [2.45, 2.75) is 45.1 Å². The highest BCUT2D eigenvalue weighted by Crippen LogP contribution is 2.23. The zero-order chi connectivity index (χ0) is 21.1. The average Bonchev–Trinajstić information content (AvgIpc) is 3.08. The van der Waals surface area contributed by atoms with Gasteiger partial charge in [-0.1, -0.05) is 13.8 Å². The van der Waals surface area contributed by atoms with Crippen molar-refractivity contribution in [3.63, 3.8) is 0 Å². The number of ether oxygens (including phenoxy) is 1. The number of benzene rings is 1. The molecule has 1 aromatic rings. The molecule has 28 heavy (non-hydrogen) atoms. The van der Waals surface area contributed by atoms with Gasteiger partial charge < -0.3 is 20.1 Å². The van der Waals surface area contributed by atoms with Gasteiger partial charge in [-0.05, 0) is 43.0 Å². The zero-order valence-electron chi connectivity index (χ0n) is 15.3. The van der Waals surface area contributed by atoms with Crippen LogP contribution in [0.3, 0.4) is 0 Å². The lowest BCUT2D eigenvalue weighted by atomic mass is 10.0. The monoisotopic (exact) mass is 402 g/mol. The first-order valence-electron chi connectivity index (χ1n) is 8.69. The Morgan fingerprint density at radius 1 is 1.21 bits per heavy atom. The van der Waals surface area contributed by atoms with Crippen LogP contribution in [0.5, 0.6) is 5.75 Å². The molecule has 2 amide bonds. The van der Waals surface area contributed by atoms with E-state index in [1.54, 1.807) is 13.8 Å². The topological polar surface area (TPSA) is 95.9 Å². The first kappa shape index (κ1) is 21.5. The summed E-state index contributed by atoms with van der Waals surface area (Å²) < 4.78 is 40.4. The number of aliphatic carboxylic acids is 1. The number of halogens is 3. The highest BCUT2D eigenvalue weighted by atomic mass is 19.4. The number of carboxylic acids is 1. The standard InChI is InChI=1S/C18H21F3N2O5/c1-10(2)14(16(25)23-9-3-4-13(23)17(26)27)22-15(24)11-5-7-12(8-6-11)28-18(19,20)21/h5-8,10,13-14H,3-4,9H2,1-2H3,(H,22,24)(H,26,27)/t13-,14?/m0/s1. The van der Waals surface area contributed by atoms with Gasteiger partial charge in [0.05, 0.1) is 0 Å². The molecule has 10 heteroatoms. The molecule has 1 unspecified atom stereocenters. The minimum atomic E-state index is -4.84. The molecule has 0 radical (unpaired) electrons. The summed E-state index contributed by atoms with van der Waals surface area (Å²) in [4.78, 5) is 37.8. The molecule has 7 nitrogen and oxygen atoms in total. The molecule has 0 aliphatic carbocycles. The van der Waals surface area contributed by atoms with Crippen LogP contribution in [-0.2, 0) is 9.59 Å². The number of amides is 2. The molecule has 0 spiro atoms. The number of carbonyl (C=O) groups is 3. The third-order valence-electron chi connectivity index (χ3n) is 4.39. The van der Waals surface area contributed by atoms with Crippen molar-refractivity contribution in [3.05, 3.63) is 29.8 Å². The van der Waals surface area contributed by atoms with Gasteiger partial charge in [-0.25, -0.2) is 4.79 Å². The second-order valence-electron chi connectivity index (χ2n) is 6.80. The fraction of sp³-hybridized carbons (Fsp3) is 0.500. The number of likely N-dealkylation sites (tertiary alicyclic amines) is 1. The molecule has 1 aliphatic heterocycles. The van der Waals surface area contributed by atoms with Gasteiger partial charge in [-0.2, -0.15) is 0 Å². The lowest BCUT2D eigenvalue weighted by molar-refractivity contribution is -0.274. The summed E-state index contributed by atoms with van der Waals surface area (Å²) in [7, 11) is 0. The number of hydrogen-bond donors (Lipinski definition) is 2. The Kier molecular flexibility index (Phi) is 6.52. The smallest absolute Gasteiger partial charge is 0.480 e. The molecule has 154 valence electrons. The molecule has 2 atom stereocenters. The van der Waals surface area contributed by atoms with Crippen molar-refractivity contribution in [1.82, 2.24) is 10.2 Å². The van der Waals surface area contributed by atoms with E-state index in [1.165, 1.54) is 4.90 Å². The molecule has 0 bridgehead atoms. The minimum absolute atomic E-state index is 0.0455. The predicted molar refractivity (Wildman–Crippen MR) is 91.6 cm³/mol. The summed E-state index contributed by atoms with van der Waals surface area (Å²) in [5, 5.41) is 11.8. The van der Waals surface area contributed by atoms with Crippen molar-refractivity contribution in [2.75, 3.05) is 6.54 Å². The Balaban J connectivity index is 2.10. The molecular formula is C18H21F3N2O5. The van der Waals surface area contributed by atoms with E-state index in [2.05, 4.69) is 10.1 Å². The minimum Gasteiger partial charge on any atom is -0.480 e. The number of rotatable bonds is 6. The van der Waals surface area contributed by atoms with E-state index in [0.717, 1.165) is 24.3 Å². The number of carboxylic acid groups (broad SMARTS) is 1. The molecule has 2 rings (SSSR count). The molecule has 1 aliphatic rings. The van der Waals surface area contributed by atoms with E-state index in [1.807, 2.05) is 0 Å². The Morgan fingerprint density at radius 2 is 1.82 bits per heavy atom. The number of nitrogens with one attached hydrogen (secondary N) is 1. The van der Waals surface area contributed by atoms with Crippen LogP contribution in [0.15, 0.2) is 24.3 Å². The van der Waals surface area contributed by atoms with Gasteiger partial charge in [0.1, 0.15) is 17.8 Å². The number of alkyl halides is 3. The quantitative estimate of drug-likeness (QED) is 0.762. The normalized spacial score (nSPS) is 18.1. The van der Waals surface area contributed by atoms with Crippen LogP contribution in [0.25, 0.3) is 0 Å². The first-order chi connectivity index (χ1) is 13.0. The molecule has 1 saturated heterocycles. The van der Waals surface area contributed by atoms with Crippen molar-refractivity contribution in [2.24, 2.45) is 5.92 Å². The highest BCUT2D eigenvalue weighted by Gasteiger charge is 2.38. The summed E-state index contributed by atoms with van der Waals surface area (Å²) in [5.41, 5.74) is 0.0455. The van der Waals surface area contributed by atoms with Crippen LogP contribution in [0, 0.1) is 5.92 Å². The largest absolute Gasteiger partial charge is 0.573 e. The van der Waals surface area contributed by atoms with Gasteiger partial charge in [0.15, 0.2) is 0 Å². The Hall–Kier alpha value is -2.78. The maximum atomic E-state index is 12.8. The number of hydrogen-bond acceptors (Lipinski definition) is 4. The maximum Gasteiger partial charge on any atom is 0.573 e. The second kappa shape index (κ2) is 8.49. The summed E-state index contributed by atoms with van der Waals surface area (Å²) in [6.07, 6.45) is -3.93. The fourth-order valence-corrected chi connectivity index (χ4v) is 3.01. The molecule has 1 fully saturated rings. The predicted octanol–water partition coefficient (Wildman–Crippen LogP) is 2.42. The Morgan fingerprint density at radius 3 is 2.32 bits per heavy atom. The maximum absolute atomic E-state index is 12.8. The van der Waals surface area contributed by atoms with Crippen molar-refractivity contribution in [1.29, 1.82) is 0 Å². The zero-order valence-corrected chi connectivity index (χ0v) is 15.3. The van der Waals surface area contributed by atoms with E-state index >= 15 is 0 Å². The molecule has 0 aromatic heterocycles. The van der Waals surface area contributed by atoms with E-state index in [-0.39, 0.29) is 11.5 Å². The number of nitrogens with zero attached hydrogens (tertiary/aromatic N) is 1. The SMILES string of the molecule is CC(C)C(NC(=O)c1ccc(OC(F)(F)F)cc1)C(=O)N1CCC[C@H]1C(=O)O. The second-order valence-corrected chi connectivity index (χ2v) is 6.80. The van der Waals surface area contributed by atoms with E-state index in [0.29, 0.717) is 19.4 Å². The fourth-order valence-electron chi connectivity index (χ4n) is 3.01. The van der Waals surface area contributed by atoms with E-state index in [4.69, 9.17) is 0 Å². The van der Waals surface area contributed by atoms with Crippen LogP contribution in [0.4, 0.5) is 13.2 Å². The van der Waals surface area contributed by atoms with Crippen LogP contribution < -0.4 is 10.1 Å². The summed E-state index contributed by atoms with van der Waals surface area (Å²) >= 11 is 0. The summed E-state index contributed by atoms with van der Waals surface area (Å²) in [5.74, 6) is -3.04. The van der Waals surface area contributed by atoms with E-state index in [9.17, 15) is 32.7 Å². The average molecular weight is 402 g/mol. The van der Waals surface area contributed by atoms with Crippen molar-refractivity contribution >= 4 is 17.8 Å².